The maximum Gasteiger partial charge on any atom is 0.326 e. The molecule has 0 bridgehead atoms. The zero-order chi connectivity index (χ0) is 49.4. The van der Waals surface area contributed by atoms with Crippen LogP contribution in [0.3, 0.4) is 0 Å². The lowest BCUT2D eigenvalue weighted by Crippen LogP contribution is -2.62. The van der Waals surface area contributed by atoms with Crippen molar-refractivity contribution in [2.45, 2.75) is 120 Å². The van der Waals surface area contributed by atoms with Gasteiger partial charge in [-0.25, -0.2) is 4.79 Å². The highest BCUT2D eigenvalue weighted by Gasteiger charge is 2.39. The van der Waals surface area contributed by atoms with E-state index in [4.69, 9.17) is 5.73 Å². The molecule has 13 N–H and O–H groups in total. The molecule has 1 aromatic carbocycles. The number of benzene rings is 1. The average molecular weight is 966 g/mol. The number of aromatic nitrogens is 1. The van der Waals surface area contributed by atoms with Crippen molar-refractivity contribution in [3.05, 3.63) is 36.0 Å². The topological polar surface area (TPSA) is 369 Å². The summed E-state index contributed by atoms with van der Waals surface area (Å²) in [6, 6.07) is -4.81. The molecular formula is C41H59N9O14S2. The van der Waals surface area contributed by atoms with Gasteiger partial charge in [0, 0.05) is 48.0 Å². The highest BCUT2D eigenvalue weighted by Crippen LogP contribution is 2.21. The monoisotopic (exact) mass is 965 g/mol. The molecule has 9 atom stereocenters. The van der Waals surface area contributed by atoms with E-state index < -0.39 is 133 Å². The molecule has 1 saturated heterocycles. The number of rotatable bonds is 26. The van der Waals surface area contributed by atoms with Crippen LogP contribution in [0.4, 0.5) is 0 Å². The molecule has 0 unspecified atom stereocenters. The summed E-state index contributed by atoms with van der Waals surface area (Å²) in [5, 5.41) is 53.5. The highest BCUT2D eigenvalue weighted by molar-refractivity contribution is 7.80. The fourth-order valence-electron chi connectivity index (χ4n) is 7.16. The number of thiol groups is 2. The molecule has 1 fully saturated rings. The number of carbonyl (C=O) groups is 10. The normalized spacial score (nSPS) is 17.2. The molecule has 1 aromatic heterocycles. The first-order valence-corrected chi connectivity index (χ1v) is 22.3. The van der Waals surface area contributed by atoms with Gasteiger partial charge in [-0.05, 0) is 50.2 Å². The van der Waals surface area contributed by atoms with Crippen LogP contribution in [-0.4, -0.2) is 162 Å². The summed E-state index contributed by atoms with van der Waals surface area (Å²) in [6.07, 6.45) is -1.51. The van der Waals surface area contributed by atoms with Gasteiger partial charge in [0.1, 0.15) is 42.3 Å². The summed E-state index contributed by atoms with van der Waals surface area (Å²) < 4.78 is 0. The number of carboxylic acid groups (broad SMARTS) is 3. The molecule has 2 aromatic rings. The van der Waals surface area contributed by atoms with Crippen molar-refractivity contribution >= 4 is 95.4 Å². The van der Waals surface area contributed by atoms with Crippen LogP contribution in [0, 0.1) is 5.92 Å². The van der Waals surface area contributed by atoms with E-state index in [-0.39, 0.29) is 23.8 Å². The number of nitrogens with one attached hydrogen (secondary N) is 7. The van der Waals surface area contributed by atoms with Gasteiger partial charge in [-0.15, -0.1) is 0 Å². The summed E-state index contributed by atoms with van der Waals surface area (Å²) in [5.41, 5.74) is 7.19. The zero-order valence-electron chi connectivity index (χ0n) is 36.5. The summed E-state index contributed by atoms with van der Waals surface area (Å²) in [7, 11) is 0. The summed E-state index contributed by atoms with van der Waals surface area (Å²) in [6.45, 7) is 5.22. The number of aliphatic hydroxyl groups is 1. The number of H-pyrrole nitrogens is 1. The first-order valence-electron chi connectivity index (χ1n) is 21.1. The molecule has 3 rings (SSSR count). The van der Waals surface area contributed by atoms with Gasteiger partial charge in [0.25, 0.3) is 0 Å². The second-order valence-electron chi connectivity index (χ2n) is 16.3. The Morgan fingerprint density at radius 2 is 1.32 bits per heavy atom. The number of carboxylic acids is 3. The van der Waals surface area contributed by atoms with Crippen LogP contribution in [0.2, 0.25) is 0 Å². The number of nitrogens with two attached hydrogens (primary N) is 1. The second kappa shape index (κ2) is 25.7. The Morgan fingerprint density at radius 1 is 0.758 bits per heavy atom. The molecule has 7 amide bonds. The van der Waals surface area contributed by atoms with Crippen LogP contribution in [0.5, 0.6) is 0 Å². The van der Waals surface area contributed by atoms with Crippen LogP contribution in [0.25, 0.3) is 10.9 Å². The number of likely N-dealkylation sites (tertiary alicyclic amines) is 1. The standard InChI is InChI=1S/C41H59N9O14S2/c1-19(2)13-23(42)40(62)50-12-6-9-30(50)38(60)48-28(17-65)36(58)47-29(18-66)37(59)49-33(20(3)51)39(61)44-25(10-11-31(52)53)34(56)45-26(35(57)46-27(41(63)64)15-32(54)55)14-21-16-43-24-8-5-4-7-22(21)24/h4-5,7-8,16,19-20,23,25-30,33,43,51,65-66H,6,9-15,17-18,42H2,1-3H3,(H,44,61)(H,45,56)(H,46,57)(H,47,58)(H,48,60)(H,49,59)(H,52,53)(H,54,55)(H,63,64)/t20-,23+,25+,26+,27+,28+,29+,30+,33+/m1/s1. The van der Waals surface area contributed by atoms with Gasteiger partial charge < -0.3 is 67.9 Å². The van der Waals surface area contributed by atoms with Gasteiger partial charge in [0.15, 0.2) is 0 Å². The van der Waals surface area contributed by atoms with E-state index in [1.807, 2.05) is 13.8 Å². The van der Waals surface area contributed by atoms with E-state index >= 15 is 0 Å². The van der Waals surface area contributed by atoms with Gasteiger partial charge in [0.2, 0.25) is 41.4 Å². The minimum absolute atomic E-state index is 0.130. The Balaban J connectivity index is 1.78. The smallest absolute Gasteiger partial charge is 0.326 e. The van der Waals surface area contributed by atoms with Crippen molar-refractivity contribution in [3.8, 4) is 0 Å². The Bertz CT molecular complexity index is 2100. The molecule has 364 valence electrons. The number of aliphatic carboxylic acids is 3. The number of aliphatic hydroxyl groups excluding tert-OH is 1. The Kier molecular flexibility index (Phi) is 21.2. The molecule has 23 nitrogen and oxygen atoms in total. The van der Waals surface area contributed by atoms with E-state index in [0.29, 0.717) is 42.3 Å². The minimum Gasteiger partial charge on any atom is -0.481 e. The van der Waals surface area contributed by atoms with E-state index in [2.05, 4.69) is 62.1 Å². The molecule has 0 saturated carbocycles. The second-order valence-corrected chi connectivity index (χ2v) is 17.0. The van der Waals surface area contributed by atoms with E-state index in [0.717, 1.165) is 6.92 Å². The third-order valence-corrected chi connectivity index (χ3v) is 11.3. The van der Waals surface area contributed by atoms with Crippen molar-refractivity contribution in [2.24, 2.45) is 11.7 Å². The average Bonchev–Trinajstić information content (AvgIpc) is 3.91. The molecule has 0 aliphatic carbocycles. The number of hydrogen-bond donors (Lipinski definition) is 14. The maximum absolute atomic E-state index is 13.9. The fourth-order valence-corrected chi connectivity index (χ4v) is 7.67. The molecular weight excluding hydrogens is 907 g/mol. The molecule has 66 heavy (non-hydrogen) atoms. The minimum atomic E-state index is -1.91. The van der Waals surface area contributed by atoms with Gasteiger partial charge in [-0.1, -0.05) is 32.0 Å². The number of fused-ring (bicyclic) bond motifs is 1. The molecule has 2 heterocycles. The SMILES string of the molecule is CC(C)C[C@H](N)C(=O)N1CCC[C@H]1C(=O)N[C@@H](CS)C(=O)N[C@@H](CS)C(=O)N[C@H](C(=O)N[C@@H](CCC(=O)O)C(=O)N[C@@H](Cc1c[nH]c2ccccc12)C(=O)N[C@@H](CC(=O)O)C(=O)O)[C@@H](C)O. The quantitative estimate of drug-likeness (QED) is 0.0439. The van der Waals surface area contributed by atoms with Gasteiger partial charge >= 0.3 is 17.9 Å². The van der Waals surface area contributed by atoms with Crippen LogP contribution in [0.1, 0.15) is 64.9 Å². The Hall–Kier alpha value is -5.92. The van der Waals surface area contributed by atoms with Crippen LogP contribution < -0.4 is 37.6 Å². The van der Waals surface area contributed by atoms with E-state index in [9.17, 15) is 68.4 Å². The summed E-state index contributed by atoms with van der Waals surface area (Å²) >= 11 is 8.32. The third kappa shape index (κ3) is 15.9. The van der Waals surface area contributed by atoms with Crippen LogP contribution in [-0.2, 0) is 54.4 Å². The predicted molar refractivity (Wildman–Crippen MR) is 242 cm³/mol. The number of hydrogen-bond acceptors (Lipinski definition) is 14. The maximum atomic E-state index is 13.9. The van der Waals surface area contributed by atoms with Gasteiger partial charge in [-0.3, -0.25) is 43.2 Å². The van der Waals surface area contributed by atoms with Gasteiger partial charge in [-0.2, -0.15) is 25.3 Å². The number of aromatic amines is 1. The van der Waals surface area contributed by atoms with Crippen molar-refractivity contribution in [2.75, 3.05) is 18.1 Å². The van der Waals surface area contributed by atoms with Crippen molar-refractivity contribution in [3.63, 3.8) is 0 Å². The lowest BCUT2D eigenvalue weighted by atomic mass is 10.0. The lowest BCUT2D eigenvalue weighted by Gasteiger charge is -2.29. The van der Waals surface area contributed by atoms with Crippen LogP contribution in [0.15, 0.2) is 30.5 Å². The lowest BCUT2D eigenvalue weighted by molar-refractivity contribution is -0.147. The number of para-hydroxylation sites is 1. The first-order chi connectivity index (χ1) is 31.1. The summed E-state index contributed by atoms with van der Waals surface area (Å²) in [5.74, 6) is -11.5. The van der Waals surface area contributed by atoms with Crippen molar-refractivity contribution in [1.82, 2.24) is 41.8 Å². The third-order valence-electron chi connectivity index (χ3n) is 10.6. The number of carbonyl (C=O) groups excluding carboxylic acids is 7. The fraction of sp³-hybridized carbons (Fsp3) is 0.561. The van der Waals surface area contributed by atoms with Crippen molar-refractivity contribution in [1.29, 1.82) is 0 Å². The molecule has 0 spiro atoms. The molecule has 25 heteroatoms. The van der Waals surface area contributed by atoms with Gasteiger partial charge in [0.05, 0.1) is 18.6 Å². The Labute approximate surface area is 390 Å². The first kappa shape index (κ1) is 54.4. The highest BCUT2D eigenvalue weighted by atomic mass is 32.1. The van der Waals surface area contributed by atoms with Crippen LogP contribution >= 0.6 is 25.3 Å². The number of amides is 7. The molecule has 0 radical (unpaired) electrons. The zero-order valence-corrected chi connectivity index (χ0v) is 38.3. The van der Waals surface area contributed by atoms with Crippen molar-refractivity contribution < 1.29 is 68.4 Å². The number of nitrogens with zero attached hydrogens (tertiary/aromatic N) is 1. The van der Waals surface area contributed by atoms with E-state index in [1.54, 1.807) is 24.3 Å². The molecule has 1 aliphatic rings. The predicted octanol–water partition coefficient (Wildman–Crippen LogP) is -2.35. The largest absolute Gasteiger partial charge is 0.481 e. The Morgan fingerprint density at radius 3 is 1.91 bits per heavy atom. The van der Waals surface area contributed by atoms with E-state index in [1.165, 1.54) is 11.1 Å². The summed E-state index contributed by atoms with van der Waals surface area (Å²) in [4.78, 5) is 134. The molecule has 1 aliphatic heterocycles.